The van der Waals surface area contributed by atoms with Crippen LogP contribution in [0.4, 0.5) is 4.79 Å². The van der Waals surface area contributed by atoms with Crippen molar-refractivity contribution in [3.05, 3.63) is 0 Å². The first-order valence-electron chi connectivity index (χ1n) is 4.02. The Morgan fingerprint density at radius 2 is 2.00 bits per heavy atom. The molecule has 0 aliphatic heterocycles. The second-order valence-electron chi connectivity index (χ2n) is 2.62. The molecular weight excluding hydrogens is 192 g/mol. The lowest BCUT2D eigenvalue weighted by atomic mass is 10.5. The third-order valence-electron chi connectivity index (χ3n) is 1.58. The highest BCUT2D eigenvalue weighted by molar-refractivity contribution is 5.74. The van der Waals surface area contributed by atoms with Gasteiger partial charge in [0, 0.05) is 7.11 Å². The molecule has 84 valence electrons. The largest absolute Gasteiger partial charge is 0.376 e. The zero-order chi connectivity index (χ0) is 11.1. The molecule has 0 fully saturated rings. The van der Waals surface area contributed by atoms with Gasteiger partial charge in [0.15, 0.2) is 0 Å². The van der Waals surface area contributed by atoms with E-state index in [9.17, 15) is 4.79 Å². The van der Waals surface area contributed by atoms with Crippen LogP contribution >= 0.6 is 0 Å². The summed E-state index contributed by atoms with van der Waals surface area (Å²) in [5.74, 6) is 0. The predicted molar refractivity (Wildman–Crippen MR) is 46.8 cm³/mol. The molecule has 0 heterocycles. The van der Waals surface area contributed by atoms with Crippen molar-refractivity contribution >= 4 is 6.03 Å². The lowest BCUT2D eigenvalue weighted by Crippen LogP contribution is -2.48. The lowest BCUT2D eigenvalue weighted by molar-refractivity contribution is -0.0391. The number of ether oxygens (including phenoxy) is 1. The molecule has 0 spiro atoms. The van der Waals surface area contributed by atoms with E-state index in [1.807, 2.05) is 0 Å². The van der Waals surface area contributed by atoms with Crippen molar-refractivity contribution in [1.82, 2.24) is 9.80 Å². The topological polar surface area (TPSA) is 93.5 Å². The van der Waals surface area contributed by atoms with Gasteiger partial charge in [-0.15, -0.1) is 0 Å². The summed E-state index contributed by atoms with van der Waals surface area (Å²) in [5.41, 5.74) is 0. The summed E-state index contributed by atoms with van der Waals surface area (Å²) in [6, 6.07) is -0.702. The Hall–Kier alpha value is -0.890. The van der Waals surface area contributed by atoms with Crippen LogP contribution in [0.1, 0.15) is 6.92 Å². The average molecular weight is 208 g/mol. The Bertz CT molecular complexity index is 175. The molecule has 0 rings (SSSR count). The van der Waals surface area contributed by atoms with E-state index < -0.39 is 25.7 Å². The normalized spacial score (nSPS) is 12.4. The third-order valence-corrected chi connectivity index (χ3v) is 1.58. The zero-order valence-corrected chi connectivity index (χ0v) is 8.25. The van der Waals surface area contributed by atoms with E-state index in [2.05, 4.69) is 4.74 Å². The highest BCUT2D eigenvalue weighted by Gasteiger charge is 2.22. The van der Waals surface area contributed by atoms with Gasteiger partial charge in [0.05, 0.1) is 0 Å². The third kappa shape index (κ3) is 3.46. The minimum atomic E-state index is -1.13. The smallest absolute Gasteiger partial charge is 0.327 e. The number of carbonyl (C=O) groups is 1. The van der Waals surface area contributed by atoms with Gasteiger partial charge in [0.1, 0.15) is 26.4 Å². The molecule has 2 amide bonds. The van der Waals surface area contributed by atoms with E-state index in [4.69, 9.17) is 15.3 Å². The molecular formula is C7H16N2O5. The number of urea groups is 1. The van der Waals surface area contributed by atoms with Gasteiger partial charge in [0.2, 0.25) is 0 Å². The Kier molecular flexibility index (Phi) is 6.13. The SMILES string of the molecule is COCN(CO)C(=O)N(CO)C(C)O. The van der Waals surface area contributed by atoms with Crippen LogP contribution in [0.15, 0.2) is 0 Å². The molecule has 0 saturated carbocycles. The molecule has 0 saturated heterocycles. The van der Waals surface area contributed by atoms with Crippen LogP contribution in [-0.4, -0.2) is 64.7 Å². The molecule has 7 nitrogen and oxygen atoms in total. The fourth-order valence-corrected chi connectivity index (χ4v) is 0.833. The fraction of sp³-hybridized carbons (Fsp3) is 0.857. The van der Waals surface area contributed by atoms with E-state index in [0.29, 0.717) is 0 Å². The van der Waals surface area contributed by atoms with Crippen LogP contribution in [0.2, 0.25) is 0 Å². The number of methoxy groups -OCH3 is 1. The van der Waals surface area contributed by atoms with Crippen LogP contribution < -0.4 is 0 Å². The van der Waals surface area contributed by atoms with Gasteiger partial charge in [-0.1, -0.05) is 0 Å². The van der Waals surface area contributed by atoms with Crippen LogP contribution in [0.25, 0.3) is 0 Å². The van der Waals surface area contributed by atoms with Crippen LogP contribution in [0.5, 0.6) is 0 Å². The summed E-state index contributed by atoms with van der Waals surface area (Å²) in [6.07, 6.45) is -1.13. The maximum Gasteiger partial charge on any atom is 0.327 e. The molecule has 1 unspecified atom stereocenters. The number of rotatable bonds is 5. The van der Waals surface area contributed by atoms with Crippen molar-refractivity contribution in [1.29, 1.82) is 0 Å². The molecule has 0 aromatic heterocycles. The van der Waals surface area contributed by atoms with Crippen LogP contribution in [-0.2, 0) is 4.74 Å². The summed E-state index contributed by atoms with van der Waals surface area (Å²) < 4.78 is 4.65. The molecule has 0 aliphatic rings. The van der Waals surface area contributed by atoms with Gasteiger partial charge in [-0.3, -0.25) is 9.80 Å². The second kappa shape index (κ2) is 6.55. The molecule has 0 aromatic rings. The van der Waals surface area contributed by atoms with Gasteiger partial charge in [-0.2, -0.15) is 0 Å². The van der Waals surface area contributed by atoms with Gasteiger partial charge in [-0.05, 0) is 6.92 Å². The van der Waals surface area contributed by atoms with E-state index >= 15 is 0 Å². The number of hydrogen-bond donors (Lipinski definition) is 3. The van der Waals surface area contributed by atoms with Crippen LogP contribution in [0, 0.1) is 0 Å². The number of amides is 2. The van der Waals surface area contributed by atoms with E-state index in [1.165, 1.54) is 14.0 Å². The van der Waals surface area contributed by atoms with Gasteiger partial charge in [0.25, 0.3) is 0 Å². The molecule has 0 aliphatic carbocycles. The number of carbonyl (C=O) groups excluding carboxylic acids is 1. The van der Waals surface area contributed by atoms with Gasteiger partial charge < -0.3 is 20.1 Å². The second-order valence-corrected chi connectivity index (χ2v) is 2.62. The van der Waals surface area contributed by atoms with Gasteiger partial charge >= 0.3 is 6.03 Å². The summed E-state index contributed by atoms with van der Waals surface area (Å²) >= 11 is 0. The summed E-state index contributed by atoms with van der Waals surface area (Å²) in [7, 11) is 1.36. The minimum absolute atomic E-state index is 0.113. The lowest BCUT2D eigenvalue weighted by Gasteiger charge is -2.29. The zero-order valence-electron chi connectivity index (χ0n) is 8.25. The maximum atomic E-state index is 11.4. The monoisotopic (exact) mass is 208 g/mol. The molecule has 14 heavy (non-hydrogen) atoms. The Labute approximate surface area is 82.1 Å². The first kappa shape index (κ1) is 13.1. The minimum Gasteiger partial charge on any atom is -0.376 e. The van der Waals surface area contributed by atoms with Crippen LogP contribution in [0.3, 0.4) is 0 Å². The molecule has 0 radical (unpaired) electrons. The maximum absolute atomic E-state index is 11.4. The first-order valence-corrected chi connectivity index (χ1v) is 4.02. The van der Waals surface area contributed by atoms with Crippen molar-refractivity contribution < 1.29 is 24.9 Å². The van der Waals surface area contributed by atoms with Crippen molar-refractivity contribution in [3.8, 4) is 0 Å². The molecule has 3 N–H and O–H groups in total. The number of aliphatic hydroxyl groups excluding tert-OH is 3. The molecule has 0 bridgehead atoms. The molecule has 0 aromatic carbocycles. The van der Waals surface area contributed by atoms with Crippen molar-refractivity contribution in [3.63, 3.8) is 0 Å². The predicted octanol–water partition coefficient (Wildman–Crippen LogP) is -1.45. The van der Waals surface area contributed by atoms with Gasteiger partial charge in [-0.25, -0.2) is 4.79 Å². The van der Waals surface area contributed by atoms with Crippen molar-refractivity contribution in [2.45, 2.75) is 13.2 Å². The quantitative estimate of drug-likeness (QED) is 0.481. The summed E-state index contributed by atoms with van der Waals surface area (Å²) in [4.78, 5) is 13.1. The number of hydrogen-bond acceptors (Lipinski definition) is 5. The van der Waals surface area contributed by atoms with E-state index in [0.717, 1.165) is 9.80 Å². The number of aliphatic hydroxyl groups is 3. The van der Waals surface area contributed by atoms with Crippen molar-refractivity contribution in [2.75, 3.05) is 27.3 Å². The highest BCUT2D eigenvalue weighted by Crippen LogP contribution is 2.01. The fourth-order valence-electron chi connectivity index (χ4n) is 0.833. The Morgan fingerprint density at radius 1 is 1.43 bits per heavy atom. The molecule has 1 atom stereocenters. The Morgan fingerprint density at radius 3 is 2.29 bits per heavy atom. The standard InChI is InChI=1S/C7H16N2O5/c1-6(12)9(4-11)7(13)8(3-10)5-14-2/h6,10-12H,3-5H2,1-2H3. The number of nitrogens with zero attached hydrogens (tertiary/aromatic N) is 2. The summed E-state index contributed by atoms with van der Waals surface area (Å²) in [5, 5.41) is 26.7. The Balaban J connectivity index is 4.37. The average Bonchev–Trinajstić information content (AvgIpc) is 2.14. The first-order chi connectivity index (χ1) is 6.58. The summed E-state index contributed by atoms with van der Waals surface area (Å²) in [6.45, 7) is 0.0433. The highest BCUT2D eigenvalue weighted by atomic mass is 16.5. The van der Waals surface area contributed by atoms with E-state index in [-0.39, 0.29) is 6.73 Å². The molecule has 7 heteroatoms. The van der Waals surface area contributed by atoms with E-state index in [1.54, 1.807) is 0 Å². The van der Waals surface area contributed by atoms with Crippen molar-refractivity contribution in [2.24, 2.45) is 0 Å².